The van der Waals surface area contributed by atoms with E-state index in [1.165, 1.54) is 6.92 Å². The number of rotatable bonds is 2. The van der Waals surface area contributed by atoms with Crippen LogP contribution in [0.3, 0.4) is 0 Å². The molecule has 0 aromatic rings. The van der Waals surface area contributed by atoms with Gasteiger partial charge in [-0.25, -0.2) is 4.79 Å². The molecule has 0 aromatic carbocycles. The fourth-order valence-corrected chi connectivity index (χ4v) is 0.816. The molecule has 6 heteroatoms. The Labute approximate surface area is 86.2 Å². The molecule has 0 saturated carbocycles. The average Bonchev–Trinajstić information content (AvgIpc) is 1.79. The summed E-state index contributed by atoms with van der Waals surface area (Å²) in [5, 5.41) is 9.89. The van der Waals surface area contributed by atoms with Gasteiger partial charge in [0.1, 0.15) is 10.8 Å². The van der Waals surface area contributed by atoms with E-state index >= 15 is 0 Å². The van der Waals surface area contributed by atoms with Crippen LogP contribution in [0.4, 0.5) is 4.79 Å². The van der Waals surface area contributed by atoms with Crippen molar-refractivity contribution in [2.75, 3.05) is 0 Å². The van der Waals surface area contributed by atoms with E-state index in [2.05, 4.69) is 5.32 Å². The van der Waals surface area contributed by atoms with Crippen molar-refractivity contribution in [2.24, 2.45) is 0 Å². The molecular formula is C8H17NO4Si. The number of aliphatic carboxylic acids is 1. The zero-order valence-electron chi connectivity index (χ0n) is 9.17. The van der Waals surface area contributed by atoms with Gasteiger partial charge in [-0.1, -0.05) is 0 Å². The van der Waals surface area contributed by atoms with Crippen molar-refractivity contribution in [1.82, 2.24) is 5.32 Å². The lowest BCUT2D eigenvalue weighted by molar-refractivity contribution is -0.140. The number of carboxylic acids is 1. The number of alkyl carbamates (subject to hydrolysis) is 1. The van der Waals surface area contributed by atoms with Gasteiger partial charge < -0.3 is 15.2 Å². The molecule has 0 saturated heterocycles. The van der Waals surface area contributed by atoms with E-state index in [4.69, 9.17) is 9.84 Å². The molecule has 0 fully saturated rings. The molecule has 5 nitrogen and oxygen atoms in total. The molecule has 0 aliphatic carbocycles. The van der Waals surface area contributed by atoms with Crippen LogP contribution in [0.5, 0.6) is 0 Å². The molecule has 0 spiro atoms. The maximum Gasteiger partial charge on any atom is 0.408 e. The third-order valence-electron chi connectivity index (χ3n) is 1.35. The third-order valence-corrected chi connectivity index (χ3v) is 2.03. The van der Waals surface area contributed by atoms with E-state index in [1.54, 1.807) is 20.8 Å². The van der Waals surface area contributed by atoms with E-state index in [0.29, 0.717) is 10.2 Å². The van der Waals surface area contributed by atoms with Crippen molar-refractivity contribution < 1.29 is 19.4 Å². The maximum absolute atomic E-state index is 11.2. The van der Waals surface area contributed by atoms with Crippen molar-refractivity contribution >= 4 is 22.3 Å². The summed E-state index contributed by atoms with van der Waals surface area (Å²) in [6.07, 6.45) is -0.697. The normalized spacial score (nSPS) is 15.7. The van der Waals surface area contributed by atoms with E-state index in [-0.39, 0.29) is 0 Å². The van der Waals surface area contributed by atoms with Crippen molar-refractivity contribution in [3.8, 4) is 0 Å². The molecule has 14 heavy (non-hydrogen) atoms. The van der Waals surface area contributed by atoms with Crippen molar-refractivity contribution in [2.45, 2.75) is 38.5 Å². The van der Waals surface area contributed by atoms with Gasteiger partial charge >= 0.3 is 12.1 Å². The fourth-order valence-electron chi connectivity index (χ4n) is 0.612. The maximum atomic E-state index is 11.2. The summed E-state index contributed by atoms with van der Waals surface area (Å²) in [6, 6.07) is 0. The topological polar surface area (TPSA) is 75.6 Å². The molecule has 82 valence electrons. The number of hydrogen-bond acceptors (Lipinski definition) is 3. The Morgan fingerprint density at radius 1 is 1.29 bits per heavy atom. The first kappa shape index (κ1) is 13.0. The van der Waals surface area contributed by atoms with Gasteiger partial charge in [0.25, 0.3) is 0 Å². The van der Waals surface area contributed by atoms with Crippen molar-refractivity contribution in [3.05, 3.63) is 0 Å². The Hall–Kier alpha value is -1.04. The number of carbonyl (C=O) groups is 2. The molecule has 0 rings (SSSR count). The lowest BCUT2D eigenvalue weighted by Crippen LogP contribution is -2.53. The summed E-state index contributed by atoms with van der Waals surface area (Å²) in [5.41, 5.74) is -0.611. The van der Waals surface area contributed by atoms with Crippen LogP contribution in [-0.2, 0) is 9.53 Å². The SMILES string of the molecule is CC(C)(C)OC(=O)NC(C)([SiH3])C(=O)O. The highest BCUT2D eigenvalue weighted by molar-refractivity contribution is 6.27. The van der Waals surface area contributed by atoms with Crippen LogP contribution in [-0.4, -0.2) is 38.2 Å². The van der Waals surface area contributed by atoms with E-state index in [9.17, 15) is 9.59 Å². The molecule has 0 aliphatic rings. The first-order valence-electron chi connectivity index (χ1n) is 4.29. The van der Waals surface area contributed by atoms with Crippen LogP contribution in [0.1, 0.15) is 27.7 Å². The summed E-state index contributed by atoms with van der Waals surface area (Å²) in [7, 11) is 0.310. The minimum absolute atomic E-state index is 0.310. The van der Waals surface area contributed by atoms with Gasteiger partial charge in [-0.15, -0.1) is 0 Å². The molecule has 1 atom stereocenters. The van der Waals surface area contributed by atoms with Gasteiger partial charge in [0.2, 0.25) is 0 Å². The van der Waals surface area contributed by atoms with Crippen molar-refractivity contribution in [1.29, 1.82) is 0 Å². The second-order valence-electron chi connectivity index (χ2n) is 4.56. The third kappa shape index (κ3) is 4.86. The van der Waals surface area contributed by atoms with Crippen LogP contribution < -0.4 is 5.32 Å². The number of amides is 1. The van der Waals surface area contributed by atoms with Crippen LogP contribution in [0, 0.1) is 0 Å². The average molecular weight is 219 g/mol. The monoisotopic (exact) mass is 219 g/mol. The number of hydrogen-bond donors (Lipinski definition) is 2. The van der Waals surface area contributed by atoms with Crippen LogP contribution >= 0.6 is 0 Å². The van der Waals surface area contributed by atoms with E-state index in [0.717, 1.165) is 0 Å². The van der Waals surface area contributed by atoms with Gasteiger partial charge in [0, 0.05) is 10.2 Å². The molecule has 0 bridgehead atoms. The summed E-state index contributed by atoms with van der Waals surface area (Å²) in [4.78, 5) is 21.9. The van der Waals surface area contributed by atoms with Gasteiger partial charge in [0.15, 0.2) is 0 Å². The number of ether oxygens (including phenoxy) is 1. The molecule has 2 N–H and O–H groups in total. The lowest BCUT2D eigenvalue weighted by Gasteiger charge is -2.25. The Morgan fingerprint density at radius 3 is 2.00 bits per heavy atom. The Morgan fingerprint density at radius 2 is 1.71 bits per heavy atom. The highest BCUT2D eigenvalue weighted by Gasteiger charge is 2.30. The van der Waals surface area contributed by atoms with Gasteiger partial charge in [0.05, 0.1) is 0 Å². The Kier molecular flexibility index (Phi) is 3.70. The number of carbonyl (C=O) groups excluding carboxylic acids is 1. The zero-order valence-corrected chi connectivity index (χ0v) is 11.2. The van der Waals surface area contributed by atoms with E-state index < -0.39 is 22.8 Å². The Bertz CT molecular complexity index is 244. The molecule has 0 aliphatic heterocycles. The van der Waals surface area contributed by atoms with Crippen LogP contribution in [0.25, 0.3) is 0 Å². The largest absolute Gasteiger partial charge is 0.480 e. The first-order valence-corrected chi connectivity index (χ1v) is 5.29. The second kappa shape index (κ2) is 3.99. The number of carboxylic acid groups (broad SMARTS) is 1. The standard InChI is InChI=1S/C8H17NO4Si/c1-7(2,3)13-6(12)9-8(4,14)5(10)11/h1-4,14H3,(H,9,12)(H,10,11). The fraction of sp³-hybridized carbons (Fsp3) is 0.750. The Balaban J connectivity index is 4.27. The molecule has 0 aromatic heterocycles. The molecule has 0 radical (unpaired) electrons. The quantitative estimate of drug-likeness (QED) is 0.624. The lowest BCUT2D eigenvalue weighted by atomic mass is 10.2. The van der Waals surface area contributed by atoms with Gasteiger partial charge in [-0.05, 0) is 27.7 Å². The highest BCUT2D eigenvalue weighted by atomic mass is 28.1. The summed E-state index contributed by atoms with van der Waals surface area (Å²) in [5.74, 6) is -1.05. The molecule has 0 heterocycles. The predicted octanol–water partition coefficient (Wildman–Crippen LogP) is -0.323. The minimum Gasteiger partial charge on any atom is -0.480 e. The molecule has 1 unspecified atom stereocenters. The van der Waals surface area contributed by atoms with Crippen molar-refractivity contribution in [3.63, 3.8) is 0 Å². The first-order chi connectivity index (χ1) is 6.04. The summed E-state index contributed by atoms with van der Waals surface area (Å²) >= 11 is 0. The predicted molar refractivity (Wildman–Crippen MR) is 55.3 cm³/mol. The second-order valence-corrected chi connectivity index (χ2v) is 6.56. The van der Waals surface area contributed by atoms with Gasteiger partial charge in [-0.2, -0.15) is 0 Å². The highest BCUT2D eigenvalue weighted by Crippen LogP contribution is 2.08. The summed E-state index contributed by atoms with van der Waals surface area (Å²) in [6.45, 7) is 6.61. The molecular weight excluding hydrogens is 202 g/mol. The van der Waals surface area contributed by atoms with Gasteiger partial charge in [-0.3, -0.25) is 4.79 Å². The van der Waals surface area contributed by atoms with Crippen LogP contribution in [0.15, 0.2) is 0 Å². The molecule has 1 amide bonds. The minimum atomic E-state index is -1.18. The van der Waals surface area contributed by atoms with Crippen LogP contribution in [0.2, 0.25) is 0 Å². The summed E-state index contributed by atoms with van der Waals surface area (Å²) < 4.78 is 4.93. The number of nitrogens with one attached hydrogen (secondary N) is 1. The zero-order chi connectivity index (χ0) is 11.6. The van der Waals surface area contributed by atoms with E-state index in [1.807, 2.05) is 0 Å². The smallest absolute Gasteiger partial charge is 0.408 e.